The van der Waals surface area contributed by atoms with E-state index in [0.717, 1.165) is 17.5 Å². The smallest absolute Gasteiger partial charge is 0.220 e. The Morgan fingerprint density at radius 3 is 2.08 bits per heavy atom. The maximum atomic E-state index is 12.2. The summed E-state index contributed by atoms with van der Waals surface area (Å²) in [6.07, 6.45) is 1.38. The van der Waals surface area contributed by atoms with E-state index in [-0.39, 0.29) is 24.5 Å². The van der Waals surface area contributed by atoms with Crippen molar-refractivity contribution in [2.24, 2.45) is 0 Å². The molecule has 138 valence electrons. The molecule has 2 aromatic rings. The number of aryl methyl sites for hydroxylation is 1. The molecule has 0 heterocycles. The predicted octanol–water partition coefficient (Wildman–Crippen LogP) is 4.06. The zero-order valence-corrected chi connectivity index (χ0v) is 15.6. The molecule has 1 amide bonds. The predicted molar refractivity (Wildman–Crippen MR) is 103 cm³/mol. The number of ketones is 1. The fourth-order valence-electron chi connectivity index (χ4n) is 2.56. The molecule has 0 saturated heterocycles. The van der Waals surface area contributed by atoms with E-state index in [1.54, 1.807) is 0 Å². The van der Waals surface area contributed by atoms with Crippen LogP contribution in [0, 0.1) is 0 Å². The number of carbonyl (C=O) groups excluding carboxylic acids is 2. The van der Waals surface area contributed by atoms with E-state index in [1.807, 2.05) is 55.5 Å². The van der Waals surface area contributed by atoms with Gasteiger partial charge in [-0.25, -0.2) is 0 Å². The van der Waals surface area contributed by atoms with Gasteiger partial charge < -0.3 is 10.1 Å². The van der Waals surface area contributed by atoms with E-state index in [0.29, 0.717) is 25.3 Å². The van der Waals surface area contributed by atoms with Crippen molar-refractivity contribution in [3.05, 3.63) is 70.8 Å². The summed E-state index contributed by atoms with van der Waals surface area (Å²) in [6.45, 7) is 5.81. The number of hydrogen-bond acceptors (Lipinski definition) is 3. The molecule has 0 aliphatic carbocycles. The van der Waals surface area contributed by atoms with Gasteiger partial charge in [0.2, 0.25) is 5.91 Å². The van der Waals surface area contributed by atoms with Gasteiger partial charge in [-0.05, 0) is 30.0 Å². The molecule has 0 radical (unpaired) electrons. The van der Waals surface area contributed by atoms with Crippen molar-refractivity contribution >= 4 is 11.7 Å². The number of nitrogens with one attached hydrogen (secondary N) is 1. The highest BCUT2D eigenvalue weighted by Gasteiger charge is 2.09. The molecule has 26 heavy (non-hydrogen) atoms. The van der Waals surface area contributed by atoms with E-state index in [9.17, 15) is 9.59 Å². The third-order valence-electron chi connectivity index (χ3n) is 4.25. The van der Waals surface area contributed by atoms with Gasteiger partial charge in [0.1, 0.15) is 0 Å². The summed E-state index contributed by atoms with van der Waals surface area (Å²) in [6, 6.07) is 15.6. The maximum Gasteiger partial charge on any atom is 0.220 e. The molecule has 0 spiro atoms. The van der Waals surface area contributed by atoms with Gasteiger partial charge in [-0.15, -0.1) is 0 Å². The first-order chi connectivity index (χ1) is 12.6. The summed E-state index contributed by atoms with van der Waals surface area (Å²) in [5.41, 5.74) is 4.01. The minimum atomic E-state index is -0.109. The van der Waals surface area contributed by atoms with E-state index < -0.39 is 0 Å². The van der Waals surface area contributed by atoms with Crippen LogP contribution in [0.3, 0.4) is 0 Å². The molecule has 2 aromatic carbocycles. The second kappa shape index (κ2) is 10.5. The highest BCUT2D eigenvalue weighted by Crippen LogP contribution is 2.09. The maximum absolute atomic E-state index is 12.2. The van der Waals surface area contributed by atoms with Gasteiger partial charge in [-0.2, -0.15) is 0 Å². The fourth-order valence-corrected chi connectivity index (χ4v) is 2.56. The molecule has 0 aromatic heterocycles. The van der Waals surface area contributed by atoms with Gasteiger partial charge in [0.15, 0.2) is 5.78 Å². The summed E-state index contributed by atoms with van der Waals surface area (Å²) in [5.74, 6) is -0.106. The Morgan fingerprint density at radius 1 is 0.846 bits per heavy atom. The Morgan fingerprint density at radius 2 is 1.46 bits per heavy atom. The number of amides is 1. The number of carbonyl (C=O) groups is 2. The lowest BCUT2D eigenvalue weighted by atomic mass is 10.0. The molecule has 0 aliphatic rings. The van der Waals surface area contributed by atoms with Crippen molar-refractivity contribution in [3.63, 3.8) is 0 Å². The monoisotopic (exact) mass is 353 g/mol. The first-order valence-corrected chi connectivity index (χ1v) is 9.16. The molecule has 0 bridgehead atoms. The molecule has 0 fully saturated rings. The standard InChI is InChI=1S/C22H27NO3/c1-3-17-9-11-20(12-10-17)21(24)13-14-22(25)23-15-18-5-7-19(8-6-18)16-26-4-2/h5-12H,3-4,13-16H2,1-2H3,(H,23,25). The molecule has 0 atom stereocenters. The lowest BCUT2D eigenvalue weighted by molar-refractivity contribution is -0.121. The topological polar surface area (TPSA) is 55.4 Å². The Hall–Kier alpha value is -2.46. The van der Waals surface area contributed by atoms with Crippen molar-refractivity contribution in [3.8, 4) is 0 Å². The Labute approximate surface area is 155 Å². The molecule has 0 saturated carbocycles. The second-order valence-corrected chi connectivity index (χ2v) is 6.20. The summed E-state index contributed by atoms with van der Waals surface area (Å²) >= 11 is 0. The van der Waals surface area contributed by atoms with Gasteiger partial charge in [-0.3, -0.25) is 9.59 Å². The van der Waals surface area contributed by atoms with Crippen LogP contribution in [0.5, 0.6) is 0 Å². The van der Waals surface area contributed by atoms with Crippen LogP contribution in [0.2, 0.25) is 0 Å². The van der Waals surface area contributed by atoms with Crippen molar-refractivity contribution in [1.29, 1.82) is 0 Å². The van der Waals surface area contributed by atoms with E-state index in [2.05, 4.69) is 12.2 Å². The van der Waals surface area contributed by atoms with Gasteiger partial charge in [-0.1, -0.05) is 55.5 Å². The van der Waals surface area contributed by atoms with Crippen LogP contribution in [-0.4, -0.2) is 18.3 Å². The SMILES string of the molecule is CCOCc1ccc(CNC(=O)CCC(=O)c2ccc(CC)cc2)cc1. The molecule has 1 N–H and O–H groups in total. The van der Waals surface area contributed by atoms with Gasteiger partial charge >= 0.3 is 0 Å². The average molecular weight is 353 g/mol. The second-order valence-electron chi connectivity index (χ2n) is 6.20. The van der Waals surface area contributed by atoms with Crippen LogP contribution in [0.25, 0.3) is 0 Å². The lowest BCUT2D eigenvalue weighted by Crippen LogP contribution is -2.23. The molecule has 4 nitrogen and oxygen atoms in total. The van der Waals surface area contributed by atoms with Crippen molar-refractivity contribution in [2.45, 2.75) is 46.3 Å². The highest BCUT2D eigenvalue weighted by atomic mass is 16.5. The van der Waals surface area contributed by atoms with Crippen LogP contribution in [0.15, 0.2) is 48.5 Å². The molecule has 2 rings (SSSR count). The minimum absolute atomic E-state index is 0.00285. The Kier molecular flexibility index (Phi) is 8.03. The molecular formula is C22H27NO3. The normalized spacial score (nSPS) is 10.5. The van der Waals surface area contributed by atoms with E-state index >= 15 is 0 Å². The lowest BCUT2D eigenvalue weighted by Gasteiger charge is -2.07. The quantitative estimate of drug-likeness (QED) is 0.655. The number of ether oxygens (including phenoxy) is 1. The molecule has 4 heteroatoms. The van der Waals surface area contributed by atoms with Gasteiger partial charge in [0, 0.05) is 31.6 Å². The van der Waals surface area contributed by atoms with Crippen LogP contribution >= 0.6 is 0 Å². The zero-order valence-electron chi connectivity index (χ0n) is 15.6. The molecular weight excluding hydrogens is 326 g/mol. The fraction of sp³-hybridized carbons (Fsp3) is 0.364. The largest absolute Gasteiger partial charge is 0.377 e. The number of benzene rings is 2. The Bertz CT molecular complexity index is 705. The third kappa shape index (κ3) is 6.45. The van der Waals surface area contributed by atoms with Gasteiger partial charge in [0.05, 0.1) is 6.61 Å². The van der Waals surface area contributed by atoms with Crippen LogP contribution in [0.4, 0.5) is 0 Å². The average Bonchev–Trinajstić information content (AvgIpc) is 2.69. The summed E-state index contributed by atoms with van der Waals surface area (Å²) in [7, 11) is 0. The number of rotatable bonds is 10. The van der Waals surface area contributed by atoms with Crippen LogP contribution < -0.4 is 5.32 Å². The number of hydrogen-bond donors (Lipinski definition) is 1. The van der Waals surface area contributed by atoms with Gasteiger partial charge in [0.25, 0.3) is 0 Å². The van der Waals surface area contributed by atoms with Crippen molar-refractivity contribution in [2.75, 3.05) is 6.61 Å². The summed E-state index contributed by atoms with van der Waals surface area (Å²) < 4.78 is 5.36. The summed E-state index contributed by atoms with van der Waals surface area (Å²) in [4.78, 5) is 24.1. The first kappa shape index (κ1) is 19.9. The molecule has 0 aliphatic heterocycles. The van der Waals surface area contributed by atoms with Crippen LogP contribution in [0.1, 0.15) is 53.7 Å². The highest BCUT2D eigenvalue weighted by molar-refractivity contribution is 5.97. The van der Waals surface area contributed by atoms with Crippen molar-refractivity contribution in [1.82, 2.24) is 5.32 Å². The minimum Gasteiger partial charge on any atom is -0.377 e. The Balaban J connectivity index is 1.73. The summed E-state index contributed by atoms with van der Waals surface area (Å²) in [5, 5.41) is 2.86. The van der Waals surface area contributed by atoms with E-state index in [4.69, 9.17) is 4.74 Å². The van der Waals surface area contributed by atoms with Crippen LogP contribution in [-0.2, 0) is 29.1 Å². The number of Topliss-reactive ketones (excluding diaryl/α,β-unsaturated/α-hetero) is 1. The zero-order chi connectivity index (χ0) is 18.8. The first-order valence-electron chi connectivity index (χ1n) is 9.16. The third-order valence-corrected chi connectivity index (χ3v) is 4.25. The van der Waals surface area contributed by atoms with Crippen molar-refractivity contribution < 1.29 is 14.3 Å². The van der Waals surface area contributed by atoms with E-state index in [1.165, 1.54) is 5.56 Å². The molecule has 0 unspecified atom stereocenters.